The molecule has 1 saturated heterocycles. The van der Waals surface area contributed by atoms with Gasteiger partial charge in [0.2, 0.25) is 0 Å². The van der Waals surface area contributed by atoms with Crippen molar-refractivity contribution in [1.29, 1.82) is 0 Å². The van der Waals surface area contributed by atoms with E-state index in [-0.39, 0.29) is 11.8 Å². The van der Waals surface area contributed by atoms with Crippen LogP contribution in [0.4, 0.5) is 0 Å². The number of carbonyl (C=O) groups excluding carboxylic acids is 2. The van der Waals surface area contributed by atoms with Crippen LogP contribution in [0.2, 0.25) is 0 Å². The summed E-state index contributed by atoms with van der Waals surface area (Å²) >= 11 is 0. The van der Waals surface area contributed by atoms with Crippen LogP contribution in [-0.4, -0.2) is 58.4 Å². The summed E-state index contributed by atoms with van der Waals surface area (Å²) in [4.78, 5) is 33.2. The number of likely N-dealkylation sites (tertiary alicyclic amines) is 1. The van der Waals surface area contributed by atoms with Gasteiger partial charge < -0.3 is 14.3 Å². The van der Waals surface area contributed by atoms with Crippen molar-refractivity contribution < 1.29 is 14.1 Å². The van der Waals surface area contributed by atoms with Gasteiger partial charge in [0, 0.05) is 49.8 Å². The molecule has 2 amide bonds. The summed E-state index contributed by atoms with van der Waals surface area (Å²) in [6.45, 7) is 4.34. The van der Waals surface area contributed by atoms with Crippen LogP contribution in [0.15, 0.2) is 59.1 Å². The first-order valence-electron chi connectivity index (χ1n) is 11.0. The second-order valence-electron chi connectivity index (χ2n) is 8.41. The van der Waals surface area contributed by atoms with Crippen molar-refractivity contribution in [2.45, 2.75) is 26.2 Å². The van der Waals surface area contributed by atoms with Crippen LogP contribution in [0.1, 0.15) is 46.3 Å². The number of hydrogen-bond donors (Lipinski definition) is 0. The highest BCUT2D eigenvalue weighted by Crippen LogP contribution is 2.21. The van der Waals surface area contributed by atoms with Gasteiger partial charge in [0.25, 0.3) is 17.7 Å². The van der Waals surface area contributed by atoms with Gasteiger partial charge in [0.05, 0.1) is 0 Å². The Hall–Kier alpha value is -3.48. The predicted octanol–water partition coefficient (Wildman–Crippen LogP) is 3.92. The minimum absolute atomic E-state index is 0.0438. The Labute approximate surface area is 188 Å². The van der Waals surface area contributed by atoms with Crippen molar-refractivity contribution in [1.82, 2.24) is 19.9 Å². The zero-order valence-corrected chi connectivity index (χ0v) is 18.5. The highest BCUT2D eigenvalue weighted by Gasteiger charge is 2.21. The first-order chi connectivity index (χ1) is 15.5. The molecule has 1 fully saturated rings. The van der Waals surface area contributed by atoms with Gasteiger partial charge >= 0.3 is 0 Å². The molecule has 0 radical (unpaired) electrons. The van der Waals surface area contributed by atoms with E-state index in [0.717, 1.165) is 31.5 Å². The second-order valence-corrected chi connectivity index (χ2v) is 8.41. The van der Waals surface area contributed by atoms with E-state index in [0.29, 0.717) is 41.7 Å². The highest BCUT2D eigenvalue weighted by atomic mass is 16.5. The molecule has 32 heavy (non-hydrogen) atoms. The first kappa shape index (κ1) is 21.7. The minimum atomic E-state index is -0.0438. The number of aromatic nitrogens is 2. The summed E-state index contributed by atoms with van der Waals surface area (Å²) in [5, 5.41) is 4.04. The average Bonchev–Trinajstić information content (AvgIpc) is 3.32. The predicted molar refractivity (Wildman–Crippen MR) is 121 cm³/mol. The smallest absolute Gasteiger partial charge is 0.257 e. The fourth-order valence-corrected chi connectivity index (χ4v) is 3.79. The molecular weight excluding hydrogens is 404 g/mol. The standard InChI is InChI=1S/C25H28N4O3/c1-18-12-16-29(17-13-18)25(31)21-10-8-19(9-11-21)23-26-22(27-32-23)14-15-28(2)24(30)20-6-4-3-5-7-20/h3-11,18H,12-17H2,1-2H3. The van der Waals surface area contributed by atoms with Crippen LogP contribution in [-0.2, 0) is 6.42 Å². The van der Waals surface area contributed by atoms with Gasteiger partial charge in [0.15, 0.2) is 5.82 Å². The lowest BCUT2D eigenvalue weighted by Gasteiger charge is -2.30. The molecule has 7 heteroatoms. The molecule has 7 nitrogen and oxygen atoms in total. The van der Waals surface area contributed by atoms with E-state index >= 15 is 0 Å². The summed E-state index contributed by atoms with van der Waals surface area (Å²) in [6, 6.07) is 16.5. The molecule has 0 spiro atoms. The van der Waals surface area contributed by atoms with Gasteiger partial charge in [0.1, 0.15) is 0 Å². The fraction of sp³-hybridized carbons (Fsp3) is 0.360. The van der Waals surface area contributed by atoms with E-state index in [1.54, 1.807) is 24.1 Å². The van der Waals surface area contributed by atoms with Crippen molar-refractivity contribution in [2.75, 3.05) is 26.7 Å². The summed E-state index contributed by atoms with van der Waals surface area (Å²) in [6.07, 6.45) is 2.60. The van der Waals surface area contributed by atoms with Crippen molar-refractivity contribution >= 4 is 11.8 Å². The van der Waals surface area contributed by atoms with Crippen molar-refractivity contribution in [3.05, 3.63) is 71.5 Å². The quantitative estimate of drug-likeness (QED) is 0.590. The zero-order valence-electron chi connectivity index (χ0n) is 18.5. The largest absolute Gasteiger partial charge is 0.341 e. The Morgan fingerprint density at radius 3 is 2.41 bits per heavy atom. The molecule has 0 atom stereocenters. The number of hydrogen-bond acceptors (Lipinski definition) is 5. The van der Waals surface area contributed by atoms with E-state index in [1.807, 2.05) is 47.4 Å². The molecule has 1 aliphatic heterocycles. The van der Waals surface area contributed by atoms with Crippen LogP contribution >= 0.6 is 0 Å². The Bertz CT molecular complexity index is 1050. The maximum atomic E-state index is 12.7. The van der Waals surface area contributed by atoms with Gasteiger partial charge in [-0.1, -0.05) is 30.3 Å². The molecule has 3 aromatic rings. The Morgan fingerprint density at radius 2 is 1.72 bits per heavy atom. The maximum absolute atomic E-state index is 12.7. The molecule has 2 aromatic carbocycles. The fourth-order valence-electron chi connectivity index (χ4n) is 3.79. The number of likely N-dealkylation sites (N-methyl/N-ethyl adjacent to an activating group) is 1. The molecule has 4 rings (SSSR count). The lowest BCUT2D eigenvalue weighted by Crippen LogP contribution is -2.37. The molecule has 0 N–H and O–H groups in total. The van der Waals surface area contributed by atoms with Crippen LogP contribution in [0.25, 0.3) is 11.5 Å². The van der Waals surface area contributed by atoms with Gasteiger partial charge in [-0.3, -0.25) is 9.59 Å². The van der Waals surface area contributed by atoms with Gasteiger partial charge in [-0.15, -0.1) is 0 Å². The third-order valence-corrected chi connectivity index (χ3v) is 5.96. The van der Waals surface area contributed by atoms with Crippen molar-refractivity contribution in [2.24, 2.45) is 5.92 Å². The Balaban J connectivity index is 1.34. The number of benzene rings is 2. The minimum Gasteiger partial charge on any atom is -0.341 e. The third-order valence-electron chi connectivity index (χ3n) is 5.96. The van der Waals surface area contributed by atoms with Crippen LogP contribution in [0, 0.1) is 5.92 Å². The van der Waals surface area contributed by atoms with Crippen LogP contribution in [0.3, 0.4) is 0 Å². The van der Waals surface area contributed by atoms with Crippen molar-refractivity contribution in [3.63, 3.8) is 0 Å². The molecule has 0 unspecified atom stereocenters. The van der Waals surface area contributed by atoms with Gasteiger partial charge in [-0.25, -0.2) is 0 Å². The SMILES string of the molecule is CC1CCN(C(=O)c2ccc(-c3nc(CCN(C)C(=O)c4ccccc4)no3)cc2)CC1. The third kappa shape index (κ3) is 5.04. The van der Waals surface area contributed by atoms with E-state index in [2.05, 4.69) is 17.1 Å². The first-order valence-corrected chi connectivity index (χ1v) is 11.0. The molecule has 1 aliphatic rings. The molecule has 1 aromatic heterocycles. The lowest BCUT2D eigenvalue weighted by atomic mass is 9.98. The monoisotopic (exact) mass is 432 g/mol. The number of amides is 2. The summed E-state index contributed by atoms with van der Waals surface area (Å²) < 4.78 is 5.40. The van der Waals surface area contributed by atoms with Gasteiger partial charge in [-0.2, -0.15) is 4.98 Å². The van der Waals surface area contributed by atoms with Crippen LogP contribution < -0.4 is 0 Å². The van der Waals surface area contributed by atoms with Gasteiger partial charge in [-0.05, 0) is 55.2 Å². The number of rotatable bonds is 6. The highest BCUT2D eigenvalue weighted by molar-refractivity contribution is 5.95. The summed E-state index contributed by atoms with van der Waals surface area (Å²) in [7, 11) is 1.76. The Kier molecular flexibility index (Phi) is 6.63. The van der Waals surface area contributed by atoms with Crippen LogP contribution in [0.5, 0.6) is 0 Å². The lowest BCUT2D eigenvalue weighted by molar-refractivity contribution is 0.0696. The molecule has 0 saturated carbocycles. The van der Waals surface area contributed by atoms with E-state index in [4.69, 9.17) is 4.52 Å². The summed E-state index contributed by atoms with van der Waals surface area (Å²) in [5.74, 6) is 1.65. The molecular formula is C25H28N4O3. The number of piperidine rings is 1. The maximum Gasteiger partial charge on any atom is 0.257 e. The molecule has 166 valence electrons. The molecule has 2 heterocycles. The number of carbonyl (C=O) groups is 2. The normalized spacial score (nSPS) is 14.4. The Morgan fingerprint density at radius 1 is 1.03 bits per heavy atom. The molecule has 0 bridgehead atoms. The van der Waals surface area contributed by atoms with E-state index in [9.17, 15) is 9.59 Å². The van der Waals surface area contributed by atoms with E-state index < -0.39 is 0 Å². The van der Waals surface area contributed by atoms with E-state index in [1.165, 1.54) is 0 Å². The zero-order chi connectivity index (χ0) is 22.5. The van der Waals surface area contributed by atoms with Crippen molar-refractivity contribution in [3.8, 4) is 11.5 Å². The second kappa shape index (κ2) is 9.77. The number of nitrogens with zero attached hydrogens (tertiary/aromatic N) is 4. The summed E-state index contributed by atoms with van der Waals surface area (Å²) in [5.41, 5.74) is 2.09. The average molecular weight is 433 g/mol. The molecule has 0 aliphatic carbocycles. The topological polar surface area (TPSA) is 79.5 Å².